The van der Waals surface area contributed by atoms with E-state index in [0.717, 1.165) is 0 Å². The first-order valence-corrected chi connectivity index (χ1v) is 5.83. The van der Waals surface area contributed by atoms with Crippen molar-refractivity contribution in [2.75, 3.05) is 12.3 Å². The number of anilines is 1. The third kappa shape index (κ3) is 2.70. The molecule has 8 heteroatoms. The zero-order valence-corrected chi connectivity index (χ0v) is 11.4. The maximum absolute atomic E-state index is 9.01. The molecule has 1 heterocycles. The van der Waals surface area contributed by atoms with E-state index in [-0.39, 0.29) is 35.0 Å². The predicted molar refractivity (Wildman–Crippen MR) is 68.5 cm³/mol. The van der Waals surface area contributed by atoms with E-state index < -0.39 is 3.79 Å². The molecule has 0 aliphatic heterocycles. The van der Waals surface area contributed by atoms with Gasteiger partial charge in [0.25, 0.3) is 0 Å². The van der Waals surface area contributed by atoms with Gasteiger partial charge in [0.1, 0.15) is 29.0 Å². The number of halogens is 3. The largest absolute Gasteiger partial charge is 0.477 e. The molecule has 0 saturated carbocycles. The van der Waals surface area contributed by atoms with Crippen LogP contribution in [0.25, 0.3) is 0 Å². The van der Waals surface area contributed by atoms with Crippen molar-refractivity contribution in [2.45, 2.75) is 10.7 Å². The number of nitrogen functional groups attached to an aromatic ring is 1. The van der Waals surface area contributed by atoms with E-state index in [2.05, 4.69) is 4.98 Å². The van der Waals surface area contributed by atoms with Gasteiger partial charge >= 0.3 is 0 Å². The molecule has 94 valence electrons. The van der Waals surface area contributed by atoms with Gasteiger partial charge in [-0.3, -0.25) is 0 Å². The molecule has 0 fully saturated rings. The summed E-state index contributed by atoms with van der Waals surface area (Å²) < 4.78 is 3.21. The van der Waals surface area contributed by atoms with Crippen LogP contribution in [0.5, 0.6) is 5.88 Å². The summed E-state index contributed by atoms with van der Waals surface area (Å²) in [4.78, 5) is 3.89. The Morgan fingerprint density at radius 1 is 1.28 bits per heavy atom. The topological polar surface area (TPSA) is 95.7 Å². The lowest BCUT2D eigenvalue weighted by Gasteiger charge is -2.16. The molecule has 0 unspecified atom stereocenters. The van der Waals surface area contributed by atoms with Crippen LogP contribution in [0.3, 0.4) is 0 Å². The van der Waals surface area contributed by atoms with Crippen LogP contribution in [0.2, 0.25) is 0 Å². The maximum Gasteiger partial charge on any atom is 0.234 e. The highest BCUT2D eigenvalue weighted by Crippen LogP contribution is 2.42. The first kappa shape index (κ1) is 14.7. The number of nitrogens with zero attached hydrogens (tertiary/aromatic N) is 3. The highest BCUT2D eigenvalue weighted by molar-refractivity contribution is 6.66. The second-order valence-corrected chi connectivity index (χ2v) is 5.36. The molecule has 0 aliphatic carbocycles. The van der Waals surface area contributed by atoms with Crippen molar-refractivity contribution in [1.82, 2.24) is 4.98 Å². The number of hydrogen-bond acceptors (Lipinski definition) is 5. The second-order valence-electron chi connectivity index (χ2n) is 3.08. The maximum atomic E-state index is 9.01. The van der Waals surface area contributed by atoms with Crippen LogP contribution < -0.4 is 10.5 Å². The third-order valence-electron chi connectivity index (χ3n) is 1.98. The average molecular weight is 306 g/mol. The summed E-state index contributed by atoms with van der Waals surface area (Å²) in [5, 5.41) is 18.0. The Morgan fingerprint density at radius 3 is 2.22 bits per heavy atom. The highest BCUT2D eigenvalue weighted by atomic mass is 35.6. The van der Waals surface area contributed by atoms with Crippen molar-refractivity contribution < 1.29 is 4.74 Å². The minimum absolute atomic E-state index is 0.0496. The average Bonchev–Trinajstić information content (AvgIpc) is 2.28. The number of pyridine rings is 1. The van der Waals surface area contributed by atoms with E-state index in [1.165, 1.54) is 0 Å². The molecule has 2 N–H and O–H groups in total. The van der Waals surface area contributed by atoms with Gasteiger partial charge in [-0.2, -0.15) is 10.5 Å². The fraction of sp³-hybridized carbons (Fsp3) is 0.300. The van der Waals surface area contributed by atoms with E-state index >= 15 is 0 Å². The number of nitrogens with two attached hydrogens (primary N) is 1. The number of hydrogen-bond donors (Lipinski definition) is 1. The molecule has 1 aromatic heterocycles. The summed E-state index contributed by atoms with van der Waals surface area (Å²) in [5.41, 5.74) is 5.23. The molecule has 0 radical (unpaired) electrons. The SMILES string of the molecule is CCOc1nc(C(Cl)(Cl)Cl)c(C#N)c(N)c1C#N. The standard InChI is InChI=1S/C10H7Cl3N4O/c1-2-18-9-6(4-15)7(16)5(3-14)8(17-9)10(11,12)13/h2H2,1H3,(H2,16,17). The minimum Gasteiger partial charge on any atom is -0.477 e. The number of aromatic nitrogens is 1. The zero-order valence-electron chi connectivity index (χ0n) is 9.17. The molecule has 0 spiro atoms. The second kappa shape index (κ2) is 5.49. The Kier molecular flexibility index (Phi) is 4.48. The molecule has 1 rings (SSSR count). The summed E-state index contributed by atoms with van der Waals surface area (Å²) in [6.07, 6.45) is 0. The number of alkyl halides is 3. The van der Waals surface area contributed by atoms with Crippen molar-refractivity contribution in [2.24, 2.45) is 0 Å². The Bertz CT molecular complexity index is 554. The minimum atomic E-state index is -1.93. The lowest BCUT2D eigenvalue weighted by molar-refractivity contribution is 0.325. The van der Waals surface area contributed by atoms with Gasteiger partial charge in [-0.1, -0.05) is 34.8 Å². The smallest absolute Gasteiger partial charge is 0.234 e. The lowest BCUT2D eigenvalue weighted by atomic mass is 10.1. The van der Waals surface area contributed by atoms with E-state index in [4.69, 9.17) is 55.8 Å². The van der Waals surface area contributed by atoms with Gasteiger partial charge in [-0.05, 0) is 6.92 Å². The summed E-state index contributed by atoms with van der Waals surface area (Å²) in [5.74, 6) is -0.0576. The molecular formula is C10H7Cl3N4O. The molecule has 0 aromatic carbocycles. The molecule has 0 atom stereocenters. The van der Waals surface area contributed by atoms with Crippen LogP contribution in [0.1, 0.15) is 23.7 Å². The van der Waals surface area contributed by atoms with Crippen molar-refractivity contribution in [3.63, 3.8) is 0 Å². The van der Waals surface area contributed by atoms with Crippen molar-refractivity contribution in [3.05, 3.63) is 16.8 Å². The predicted octanol–water partition coefficient (Wildman–Crippen LogP) is 2.63. The fourth-order valence-corrected chi connectivity index (χ4v) is 1.66. The molecule has 0 amide bonds. The lowest BCUT2D eigenvalue weighted by Crippen LogP contribution is -2.13. The fourth-order valence-electron chi connectivity index (χ4n) is 1.25. The molecular weight excluding hydrogens is 298 g/mol. The van der Waals surface area contributed by atoms with Crippen LogP contribution >= 0.6 is 34.8 Å². The molecule has 0 saturated heterocycles. The Morgan fingerprint density at radius 2 is 1.83 bits per heavy atom. The van der Waals surface area contributed by atoms with Gasteiger partial charge in [0.2, 0.25) is 9.67 Å². The van der Waals surface area contributed by atoms with E-state index in [1.54, 1.807) is 13.0 Å². The van der Waals surface area contributed by atoms with Gasteiger partial charge < -0.3 is 10.5 Å². The van der Waals surface area contributed by atoms with Crippen LogP contribution in [-0.4, -0.2) is 11.6 Å². The van der Waals surface area contributed by atoms with E-state index in [9.17, 15) is 0 Å². The molecule has 0 aliphatic rings. The van der Waals surface area contributed by atoms with Crippen LogP contribution in [0.15, 0.2) is 0 Å². The first-order valence-electron chi connectivity index (χ1n) is 4.70. The van der Waals surface area contributed by atoms with Gasteiger partial charge in [-0.15, -0.1) is 0 Å². The van der Waals surface area contributed by atoms with Crippen molar-refractivity contribution in [1.29, 1.82) is 10.5 Å². The van der Waals surface area contributed by atoms with Gasteiger partial charge in [0, 0.05) is 0 Å². The normalized spacial score (nSPS) is 10.6. The quantitative estimate of drug-likeness (QED) is 0.847. The third-order valence-corrected chi connectivity index (χ3v) is 2.51. The zero-order chi connectivity index (χ0) is 13.9. The van der Waals surface area contributed by atoms with Crippen LogP contribution in [0, 0.1) is 22.7 Å². The van der Waals surface area contributed by atoms with E-state index in [1.807, 2.05) is 6.07 Å². The van der Waals surface area contributed by atoms with E-state index in [0.29, 0.717) is 0 Å². The summed E-state index contributed by atoms with van der Waals surface area (Å²) in [7, 11) is 0. The summed E-state index contributed by atoms with van der Waals surface area (Å²) in [6.45, 7) is 1.96. The molecule has 18 heavy (non-hydrogen) atoms. The van der Waals surface area contributed by atoms with Crippen LogP contribution in [0.4, 0.5) is 5.69 Å². The summed E-state index contributed by atoms with van der Waals surface area (Å²) >= 11 is 17.1. The first-order chi connectivity index (χ1) is 8.36. The summed E-state index contributed by atoms with van der Waals surface area (Å²) in [6, 6.07) is 3.58. The number of rotatable bonds is 2. The number of nitriles is 2. The Hall–Kier alpha value is -1.40. The highest BCUT2D eigenvalue weighted by Gasteiger charge is 2.32. The molecule has 0 bridgehead atoms. The molecule has 1 aromatic rings. The van der Waals surface area contributed by atoms with Gasteiger partial charge in [0.15, 0.2) is 0 Å². The Balaban J connectivity index is 3.66. The van der Waals surface area contributed by atoms with Crippen molar-refractivity contribution >= 4 is 40.5 Å². The monoisotopic (exact) mass is 304 g/mol. The number of ether oxygens (including phenoxy) is 1. The van der Waals surface area contributed by atoms with Crippen LogP contribution in [-0.2, 0) is 3.79 Å². The van der Waals surface area contributed by atoms with Gasteiger partial charge in [0.05, 0.1) is 12.3 Å². The van der Waals surface area contributed by atoms with Gasteiger partial charge in [-0.25, -0.2) is 4.98 Å². The van der Waals surface area contributed by atoms with Crippen molar-refractivity contribution in [3.8, 4) is 18.0 Å². The molecule has 5 nitrogen and oxygen atoms in total. The Labute approximate surface area is 119 Å².